The minimum atomic E-state index is 0. The summed E-state index contributed by atoms with van der Waals surface area (Å²) in [5.74, 6) is 0. The normalized spacial score (nSPS) is 6.86. The first-order valence-electron chi connectivity index (χ1n) is 1.58. The van der Waals surface area contributed by atoms with Gasteiger partial charge in [-0.1, -0.05) is 0 Å². The smallest absolute Gasteiger partial charge is 0.0529 e. The molecule has 0 saturated heterocycles. The summed E-state index contributed by atoms with van der Waals surface area (Å²) in [6.07, 6.45) is 3.15. The zero-order chi connectivity index (χ0) is 4.24. The first kappa shape index (κ1) is 6.61. The summed E-state index contributed by atoms with van der Waals surface area (Å²) in [5, 5.41) is 10.1. The predicted molar refractivity (Wildman–Crippen MR) is 27.0 cm³/mol. The maximum absolute atomic E-state index is 3.42. The molecule has 0 N–H and O–H groups in total. The van der Waals surface area contributed by atoms with E-state index in [-0.39, 0.29) is 18.9 Å². The zero-order valence-electron chi connectivity index (χ0n) is 3.07. The van der Waals surface area contributed by atoms with Crippen LogP contribution < -0.4 is 0 Å². The summed E-state index contributed by atoms with van der Waals surface area (Å²) in [7, 11) is 0. The van der Waals surface area contributed by atoms with Crippen molar-refractivity contribution in [3.63, 3.8) is 0 Å². The Labute approximate surface area is 53.3 Å². The van der Waals surface area contributed by atoms with Crippen molar-refractivity contribution in [3.8, 4) is 0 Å². The fourth-order valence-electron chi connectivity index (χ4n) is 0.205. The van der Waals surface area contributed by atoms with Gasteiger partial charge in [-0.3, -0.25) is 0 Å². The maximum atomic E-state index is 3.42. The van der Waals surface area contributed by atoms with Gasteiger partial charge in [-0.15, -0.1) is 10.2 Å². The Bertz CT molecular complexity index is 82.1. The largest absolute Gasteiger partial charge is 0.139 e. The van der Waals surface area contributed by atoms with E-state index in [1.807, 2.05) is 0 Å². The molecule has 0 aliphatic rings. The van der Waals surface area contributed by atoms with Crippen molar-refractivity contribution in [2.24, 2.45) is 0 Å². The second-order valence-electron chi connectivity index (χ2n) is 0.811. The molecule has 0 bridgehead atoms. The first-order chi connectivity index (χ1) is 3.00. The van der Waals surface area contributed by atoms with Crippen LogP contribution in [0.2, 0.25) is 0 Å². The van der Waals surface area contributed by atoms with E-state index < -0.39 is 0 Å². The van der Waals surface area contributed by atoms with Crippen LogP contribution in [0.15, 0.2) is 18.5 Å². The topological polar surface area (TPSA) is 38.7 Å². The molecule has 1 aromatic rings. The van der Waals surface area contributed by atoms with Crippen LogP contribution in [0.25, 0.3) is 0 Å². The minimum absolute atomic E-state index is 0. The van der Waals surface area contributed by atoms with E-state index in [0.29, 0.717) is 0 Å². The van der Waals surface area contributed by atoms with E-state index in [2.05, 4.69) is 15.4 Å². The molecule has 1 aromatic heterocycles. The molecule has 0 aromatic carbocycles. The molecule has 0 amide bonds. The second kappa shape index (κ2) is 3.79. The molecule has 0 unspecified atom stereocenters. The monoisotopic (exact) mass is 89.1 g/mol. The molecule has 0 spiro atoms. The molecule has 0 aliphatic carbocycles. The van der Waals surface area contributed by atoms with Crippen molar-refractivity contribution in [1.82, 2.24) is 15.4 Å². The minimum Gasteiger partial charge on any atom is -0.139 e. The van der Waals surface area contributed by atoms with Crippen molar-refractivity contribution < 1.29 is 0 Å². The molecule has 1 heterocycles. The SMILES string of the molecule is [LiH].c1cnnnc1. The Morgan fingerprint density at radius 2 is 1.57 bits per heavy atom. The molecular weight excluding hydrogens is 85.0 g/mol. The van der Waals surface area contributed by atoms with Gasteiger partial charge in [-0.2, -0.15) is 0 Å². The van der Waals surface area contributed by atoms with Gasteiger partial charge in [0, 0.05) is 0 Å². The Morgan fingerprint density at radius 1 is 1.00 bits per heavy atom. The molecule has 1 rings (SSSR count). The van der Waals surface area contributed by atoms with E-state index in [1.54, 1.807) is 18.5 Å². The Morgan fingerprint density at radius 3 is 1.71 bits per heavy atom. The van der Waals surface area contributed by atoms with Gasteiger partial charge in [0.05, 0.1) is 12.4 Å². The van der Waals surface area contributed by atoms with Crippen molar-refractivity contribution in [3.05, 3.63) is 18.5 Å². The molecule has 4 heteroatoms. The Kier molecular flexibility index (Phi) is 3.57. The van der Waals surface area contributed by atoms with Crippen LogP contribution in [0.5, 0.6) is 0 Å². The third kappa shape index (κ3) is 2.32. The molecule has 32 valence electrons. The van der Waals surface area contributed by atoms with Crippen molar-refractivity contribution in [2.75, 3.05) is 0 Å². The van der Waals surface area contributed by atoms with Crippen molar-refractivity contribution in [1.29, 1.82) is 0 Å². The predicted octanol–water partition coefficient (Wildman–Crippen LogP) is -0.777. The van der Waals surface area contributed by atoms with E-state index in [9.17, 15) is 0 Å². The van der Waals surface area contributed by atoms with Crippen LogP contribution in [0, 0.1) is 0 Å². The summed E-state index contributed by atoms with van der Waals surface area (Å²) in [6.45, 7) is 0. The molecule has 0 aliphatic heterocycles. The van der Waals surface area contributed by atoms with Gasteiger partial charge in [-0.05, 0) is 11.3 Å². The van der Waals surface area contributed by atoms with Gasteiger partial charge in [0.15, 0.2) is 0 Å². The van der Waals surface area contributed by atoms with Crippen LogP contribution >= 0.6 is 0 Å². The summed E-state index contributed by atoms with van der Waals surface area (Å²) < 4.78 is 0. The molecule has 0 radical (unpaired) electrons. The summed E-state index contributed by atoms with van der Waals surface area (Å²) >= 11 is 0. The third-order valence-electron chi connectivity index (χ3n) is 0.409. The molecule has 3 nitrogen and oxygen atoms in total. The quantitative estimate of drug-likeness (QED) is 0.391. The first-order valence-corrected chi connectivity index (χ1v) is 1.58. The number of hydrogen-bond acceptors (Lipinski definition) is 3. The fraction of sp³-hybridized carbons (Fsp3) is 0. The van der Waals surface area contributed by atoms with E-state index in [4.69, 9.17) is 0 Å². The average molecular weight is 89.0 g/mol. The fourth-order valence-corrected chi connectivity index (χ4v) is 0.205. The number of rotatable bonds is 0. The third-order valence-corrected chi connectivity index (χ3v) is 0.409. The standard InChI is InChI=1S/C3H3N3.Li.H/c1-2-4-6-5-3-1;;/h1-3H;;. The van der Waals surface area contributed by atoms with E-state index >= 15 is 0 Å². The van der Waals surface area contributed by atoms with Crippen LogP contribution in [0.1, 0.15) is 0 Å². The van der Waals surface area contributed by atoms with Gasteiger partial charge in [0.2, 0.25) is 0 Å². The van der Waals surface area contributed by atoms with E-state index in [1.165, 1.54) is 0 Å². The molecule has 0 atom stereocenters. The summed E-state index contributed by atoms with van der Waals surface area (Å²) in [4.78, 5) is 0. The van der Waals surface area contributed by atoms with Crippen LogP contribution in [-0.4, -0.2) is 34.3 Å². The number of aromatic nitrogens is 3. The number of hydrogen-bond donors (Lipinski definition) is 0. The Balaban J connectivity index is 0.000000360. The van der Waals surface area contributed by atoms with Gasteiger partial charge in [0.1, 0.15) is 0 Å². The molecular formula is C3H4LiN3. The van der Waals surface area contributed by atoms with Gasteiger partial charge in [0.25, 0.3) is 0 Å². The van der Waals surface area contributed by atoms with Crippen molar-refractivity contribution in [2.45, 2.75) is 0 Å². The second-order valence-corrected chi connectivity index (χ2v) is 0.811. The molecule has 0 fully saturated rings. The zero-order valence-corrected chi connectivity index (χ0v) is 3.07. The van der Waals surface area contributed by atoms with Gasteiger partial charge < -0.3 is 0 Å². The maximum Gasteiger partial charge on any atom is 0.0529 e. The van der Waals surface area contributed by atoms with Crippen LogP contribution in [-0.2, 0) is 0 Å². The summed E-state index contributed by atoms with van der Waals surface area (Å²) in [5.41, 5.74) is 0. The molecule has 0 saturated carbocycles. The van der Waals surface area contributed by atoms with Gasteiger partial charge >= 0.3 is 18.9 Å². The number of nitrogens with zero attached hydrogens (tertiary/aromatic N) is 3. The van der Waals surface area contributed by atoms with Crippen molar-refractivity contribution >= 4 is 18.9 Å². The summed E-state index contributed by atoms with van der Waals surface area (Å²) in [6, 6.07) is 1.72. The Hall–Kier alpha value is -0.393. The van der Waals surface area contributed by atoms with E-state index in [0.717, 1.165) is 0 Å². The van der Waals surface area contributed by atoms with Crippen LogP contribution in [0.4, 0.5) is 0 Å². The van der Waals surface area contributed by atoms with Gasteiger partial charge in [-0.25, -0.2) is 0 Å². The average Bonchev–Trinajstić information content (AvgIpc) is 1.72. The van der Waals surface area contributed by atoms with Crippen LogP contribution in [0.3, 0.4) is 0 Å². The molecule has 7 heavy (non-hydrogen) atoms.